The third-order valence-corrected chi connectivity index (χ3v) is 4.24. The quantitative estimate of drug-likeness (QED) is 0.662. The van der Waals surface area contributed by atoms with Gasteiger partial charge in [0.05, 0.1) is 11.7 Å². The SMILES string of the molecule is CN(CCCNC(=O)Cn1ncc(=O)c2ccccc21)c1ccccc1. The number of hydrogen-bond donors (Lipinski definition) is 1. The van der Waals surface area contributed by atoms with Gasteiger partial charge in [-0.05, 0) is 30.7 Å². The Balaban J connectivity index is 1.51. The van der Waals surface area contributed by atoms with Crippen molar-refractivity contribution < 1.29 is 4.79 Å². The summed E-state index contributed by atoms with van der Waals surface area (Å²) in [4.78, 5) is 26.2. The summed E-state index contributed by atoms with van der Waals surface area (Å²) in [5, 5.41) is 7.56. The van der Waals surface area contributed by atoms with Crippen molar-refractivity contribution in [2.45, 2.75) is 13.0 Å². The summed E-state index contributed by atoms with van der Waals surface area (Å²) in [6.45, 7) is 1.53. The van der Waals surface area contributed by atoms with E-state index in [0.29, 0.717) is 17.4 Å². The fourth-order valence-electron chi connectivity index (χ4n) is 2.83. The Bertz CT molecular complexity index is 937. The predicted molar refractivity (Wildman–Crippen MR) is 103 cm³/mol. The highest BCUT2D eigenvalue weighted by molar-refractivity contribution is 5.81. The standard InChI is InChI=1S/C20H22N4O2/c1-23(16-8-3-2-4-9-16)13-7-12-21-20(26)15-24-18-11-6-5-10-17(18)19(25)14-22-24/h2-6,8-11,14H,7,12-13,15H2,1H3,(H,21,26). The number of rotatable bonds is 7. The zero-order valence-electron chi connectivity index (χ0n) is 14.8. The van der Waals surface area contributed by atoms with Crippen molar-refractivity contribution in [3.8, 4) is 0 Å². The second-order valence-electron chi connectivity index (χ2n) is 6.14. The molecule has 26 heavy (non-hydrogen) atoms. The highest BCUT2D eigenvalue weighted by Gasteiger charge is 2.08. The molecule has 0 atom stereocenters. The molecule has 0 aliphatic heterocycles. The van der Waals surface area contributed by atoms with Gasteiger partial charge in [0.1, 0.15) is 6.54 Å². The van der Waals surface area contributed by atoms with Gasteiger partial charge in [-0.25, -0.2) is 0 Å². The second-order valence-corrected chi connectivity index (χ2v) is 6.14. The molecule has 0 aliphatic carbocycles. The monoisotopic (exact) mass is 350 g/mol. The number of amides is 1. The highest BCUT2D eigenvalue weighted by atomic mass is 16.2. The van der Waals surface area contributed by atoms with Crippen LogP contribution < -0.4 is 15.6 Å². The summed E-state index contributed by atoms with van der Waals surface area (Å²) in [5.74, 6) is -0.117. The summed E-state index contributed by atoms with van der Waals surface area (Å²) in [6, 6.07) is 17.3. The molecule has 0 aliphatic rings. The molecule has 0 unspecified atom stereocenters. The number of carbonyl (C=O) groups excluding carboxylic acids is 1. The predicted octanol–water partition coefficient (Wildman–Crippen LogP) is 2.04. The first-order chi connectivity index (χ1) is 12.6. The van der Waals surface area contributed by atoms with E-state index in [1.165, 1.54) is 6.20 Å². The Kier molecular flexibility index (Phi) is 5.63. The van der Waals surface area contributed by atoms with Gasteiger partial charge in [0.25, 0.3) is 0 Å². The first-order valence-corrected chi connectivity index (χ1v) is 8.63. The van der Waals surface area contributed by atoms with Crippen LogP contribution in [0.3, 0.4) is 0 Å². The maximum Gasteiger partial charge on any atom is 0.241 e. The molecule has 3 rings (SSSR count). The molecule has 6 nitrogen and oxygen atoms in total. The third-order valence-electron chi connectivity index (χ3n) is 4.24. The molecule has 0 saturated carbocycles. The lowest BCUT2D eigenvalue weighted by Crippen LogP contribution is -2.31. The third kappa shape index (κ3) is 4.27. The van der Waals surface area contributed by atoms with E-state index in [9.17, 15) is 9.59 Å². The maximum atomic E-state index is 12.2. The minimum absolute atomic E-state index is 0.0926. The summed E-state index contributed by atoms with van der Waals surface area (Å²) >= 11 is 0. The summed E-state index contributed by atoms with van der Waals surface area (Å²) < 4.78 is 1.56. The number of carbonyl (C=O) groups is 1. The molecule has 134 valence electrons. The van der Waals surface area contributed by atoms with Gasteiger partial charge in [0.15, 0.2) is 0 Å². The molecule has 1 heterocycles. The van der Waals surface area contributed by atoms with E-state index < -0.39 is 0 Å². The van der Waals surface area contributed by atoms with Crippen LogP contribution in [-0.2, 0) is 11.3 Å². The molecular formula is C20H22N4O2. The van der Waals surface area contributed by atoms with Crippen LogP contribution >= 0.6 is 0 Å². The van der Waals surface area contributed by atoms with E-state index in [1.807, 2.05) is 31.3 Å². The number of anilines is 1. The van der Waals surface area contributed by atoms with Gasteiger partial charge < -0.3 is 10.2 Å². The first kappa shape index (κ1) is 17.7. The molecule has 3 aromatic rings. The minimum atomic E-state index is -0.138. The zero-order valence-corrected chi connectivity index (χ0v) is 14.8. The van der Waals surface area contributed by atoms with E-state index in [1.54, 1.807) is 22.9 Å². The average molecular weight is 350 g/mol. The number of para-hydroxylation sites is 2. The van der Waals surface area contributed by atoms with E-state index in [4.69, 9.17) is 0 Å². The average Bonchev–Trinajstić information content (AvgIpc) is 2.68. The Labute approximate surface area is 152 Å². The van der Waals surface area contributed by atoms with E-state index >= 15 is 0 Å². The van der Waals surface area contributed by atoms with Gasteiger partial charge in [-0.1, -0.05) is 30.3 Å². The van der Waals surface area contributed by atoms with Gasteiger partial charge in [-0.3, -0.25) is 14.3 Å². The van der Waals surface area contributed by atoms with Gasteiger partial charge in [-0.15, -0.1) is 0 Å². The minimum Gasteiger partial charge on any atom is -0.375 e. The van der Waals surface area contributed by atoms with Crippen LogP contribution in [0.2, 0.25) is 0 Å². The second kappa shape index (κ2) is 8.29. The Morgan fingerprint density at radius 3 is 2.65 bits per heavy atom. The van der Waals surface area contributed by atoms with E-state index in [2.05, 4.69) is 27.4 Å². The molecule has 0 fully saturated rings. The van der Waals surface area contributed by atoms with Gasteiger partial charge >= 0.3 is 0 Å². The van der Waals surface area contributed by atoms with E-state index in [0.717, 1.165) is 18.7 Å². The van der Waals surface area contributed by atoms with Crippen molar-refractivity contribution in [2.24, 2.45) is 0 Å². The summed E-state index contributed by atoms with van der Waals surface area (Å²) in [5.41, 5.74) is 1.68. The van der Waals surface area contributed by atoms with Crippen LogP contribution in [0.15, 0.2) is 65.6 Å². The normalized spacial score (nSPS) is 10.7. The number of fused-ring (bicyclic) bond motifs is 1. The van der Waals surface area contributed by atoms with Crippen LogP contribution in [-0.4, -0.2) is 35.8 Å². The number of nitrogens with one attached hydrogen (secondary N) is 1. The molecule has 0 spiro atoms. The van der Waals surface area contributed by atoms with Crippen LogP contribution in [0.1, 0.15) is 6.42 Å². The molecule has 6 heteroatoms. The lowest BCUT2D eigenvalue weighted by Gasteiger charge is -2.19. The van der Waals surface area contributed by atoms with Crippen molar-refractivity contribution in [2.75, 3.05) is 25.0 Å². The summed E-state index contributed by atoms with van der Waals surface area (Å²) in [6.07, 6.45) is 2.10. The first-order valence-electron chi connectivity index (χ1n) is 8.63. The van der Waals surface area contributed by atoms with Crippen LogP contribution in [0, 0.1) is 0 Å². The van der Waals surface area contributed by atoms with Crippen LogP contribution in [0.25, 0.3) is 10.9 Å². The molecule has 2 aromatic carbocycles. The molecule has 0 bridgehead atoms. The maximum absolute atomic E-state index is 12.2. The molecule has 0 saturated heterocycles. The van der Waals surface area contributed by atoms with Gasteiger partial charge in [-0.2, -0.15) is 5.10 Å². The number of aromatic nitrogens is 2. The van der Waals surface area contributed by atoms with Gasteiger partial charge in [0.2, 0.25) is 11.3 Å². The molecule has 1 N–H and O–H groups in total. The molecule has 0 radical (unpaired) electrons. The Morgan fingerprint density at radius 1 is 1.12 bits per heavy atom. The lowest BCUT2D eigenvalue weighted by atomic mass is 10.2. The number of nitrogens with zero attached hydrogens (tertiary/aromatic N) is 3. The fourth-order valence-corrected chi connectivity index (χ4v) is 2.83. The topological polar surface area (TPSA) is 67.2 Å². The largest absolute Gasteiger partial charge is 0.375 e. The van der Waals surface area contributed by atoms with Crippen LogP contribution in [0.4, 0.5) is 5.69 Å². The van der Waals surface area contributed by atoms with Crippen molar-refractivity contribution >= 4 is 22.5 Å². The number of hydrogen-bond acceptors (Lipinski definition) is 4. The fraction of sp³-hybridized carbons (Fsp3) is 0.250. The highest BCUT2D eigenvalue weighted by Crippen LogP contribution is 2.10. The Morgan fingerprint density at radius 2 is 1.85 bits per heavy atom. The van der Waals surface area contributed by atoms with Crippen LogP contribution in [0.5, 0.6) is 0 Å². The Hall–Kier alpha value is -3.15. The molecule has 1 aromatic heterocycles. The zero-order chi connectivity index (χ0) is 18.4. The van der Waals surface area contributed by atoms with Crippen molar-refractivity contribution in [3.63, 3.8) is 0 Å². The molecular weight excluding hydrogens is 328 g/mol. The summed E-state index contributed by atoms with van der Waals surface area (Å²) in [7, 11) is 2.04. The smallest absolute Gasteiger partial charge is 0.241 e. The van der Waals surface area contributed by atoms with Crippen molar-refractivity contribution in [1.82, 2.24) is 15.1 Å². The lowest BCUT2D eigenvalue weighted by molar-refractivity contribution is -0.121. The number of benzene rings is 2. The van der Waals surface area contributed by atoms with Gasteiger partial charge in [0, 0.05) is 31.2 Å². The van der Waals surface area contributed by atoms with E-state index in [-0.39, 0.29) is 17.9 Å². The van der Waals surface area contributed by atoms with Crippen molar-refractivity contribution in [1.29, 1.82) is 0 Å². The molecule has 1 amide bonds. The van der Waals surface area contributed by atoms with Crippen molar-refractivity contribution in [3.05, 3.63) is 71.0 Å².